The number of hydrogen-bond donors (Lipinski definition) is 2. The molecule has 0 unspecified atom stereocenters. The summed E-state index contributed by atoms with van der Waals surface area (Å²) >= 11 is 1.43. The second-order valence-corrected chi connectivity index (χ2v) is 4.95. The standard InChI is InChI=1S/C12H15N5OS/c1-7-4-8(2)15-11(14-7)17-12-16-9(6-19-12)5-10(18)13-3/h4,6H,5H2,1-3H3,(H,13,18)(H,14,15,16,17). The van der Waals surface area contributed by atoms with Gasteiger partial charge in [0, 0.05) is 23.8 Å². The van der Waals surface area contributed by atoms with Crippen LogP contribution in [0.1, 0.15) is 17.1 Å². The second kappa shape index (κ2) is 5.75. The quantitative estimate of drug-likeness (QED) is 0.887. The number of thiazole rings is 1. The highest BCUT2D eigenvalue weighted by molar-refractivity contribution is 7.13. The molecule has 2 rings (SSSR count). The highest BCUT2D eigenvalue weighted by atomic mass is 32.1. The van der Waals surface area contributed by atoms with Crippen LogP contribution in [0.15, 0.2) is 11.4 Å². The van der Waals surface area contributed by atoms with E-state index >= 15 is 0 Å². The third-order valence-electron chi connectivity index (χ3n) is 2.37. The van der Waals surface area contributed by atoms with E-state index in [1.807, 2.05) is 25.3 Å². The molecule has 2 heterocycles. The molecule has 0 aliphatic heterocycles. The van der Waals surface area contributed by atoms with Crippen molar-refractivity contribution in [3.63, 3.8) is 0 Å². The molecule has 100 valence electrons. The molecular formula is C12H15N5OS. The van der Waals surface area contributed by atoms with Crippen molar-refractivity contribution in [1.82, 2.24) is 20.3 Å². The van der Waals surface area contributed by atoms with Crippen LogP contribution in [0.2, 0.25) is 0 Å². The minimum atomic E-state index is -0.0560. The average molecular weight is 277 g/mol. The monoisotopic (exact) mass is 277 g/mol. The molecule has 6 nitrogen and oxygen atoms in total. The predicted octanol–water partition coefficient (Wildman–Crippen LogP) is 1.58. The Morgan fingerprint density at radius 2 is 1.95 bits per heavy atom. The number of nitrogens with zero attached hydrogens (tertiary/aromatic N) is 3. The number of aromatic nitrogens is 3. The number of likely N-dealkylation sites (N-methyl/N-ethyl adjacent to an activating group) is 1. The van der Waals surface area contributed by atoms with E-state index in [-0.39, 0.29) is 12.3 Å². The van der Waals surface area contributed by atoms with Crippen molar-refractivity contribution in [2.75, 3.05) is 12.4 Å². The van der Waals surface area contributed by atoms with E-state index in [0.717, 1.165) is 17.1 Å². The van der Waals surface area contributed by atoms with Gasteiger partial charge in [-0.15, -0.1) is 11.3 Å². The van der Waals surface area contributed by atoms with Crippen LogP contribution >= 0.6 is 11.3 Å². The third-order valence-corrected chi connectivity index (χ3v) is 3.18. The molecule has 0 bridgehead atoms. The van der Waals surface area contributed by atoms with E-state index in [9.17, 15) is 4.79 Å². The van der Waals surface area contributed by atoms with Gasteiger partial charge in [0.15, 0.2) is 5.13 Å². The molecule has 2 aromatic heterocycles. The zero-order valence-corrected chi connectivity index (χ0v) is 11.8. The van der Waals surface area contributed by atoms with Gasteiger partial charge in [0.1, 0.15) is 0 Å². The van der Waals surface area contributed by atoms with Crippen LogP contribution in [0.3, 0.4) is 0 Å². The van der Waals surface area contributed by atoms with Crippen LogP contribution in [-0.4, -0.2) is 27.9 Å². The van der Waals surface area contributed by atoms with Crippen molar-refractivity contribution in [2.45, 2.75) is 20.3 Å². The van der Waals surface area contributed by atoms with Gasteiger partial charge in [-0.2, -0.15) is 0 Å². The number of carbonyl (C=O) groups is 1. The Kier molecular flexibility index (Phi) is 4.06. The van der Waals surface area contributed by atoms with Gasteiger partial charge >= 0.3 is 0 Å². The molecule has 0 spiro atoms. The minimum Gasteiger partial charge on any atom is -0.359 e. The Morgan fingerprint density at radius 1 is 1.26 bits per heavy atom. The topological polar surface area (TPSA) is 79.8 Å². The zero-order chi connectivity index (χ0) is 13.8. The molecule has 0 radical (unpaired) electrons. The second-order valence-electron chi connectivity index (χ2n) is 4.09. The number of anilines is 2. The molecule has 1 amide bonds. The molecule has 7 heteroatoms. The molecule has 0 fully saturated rings. The van der Waals surface area contributed by atoms with Crippen molar-refractivity contribution < 1.29 is 4.79 Å². The normalized spacial score (nSPS) is 10.3. The number of amides is 1. The molecule has 0 aromatic carbocycles. The van der Waals surface area contributed by atoms with Crippen molar-refractivity contribution >= 4 is 28.3 Å². The maximum absolute atomic E-state index is 11.2. The van der Waals surface area contributed by atoms with E-state index in [1.165, 1.54) is 11.3 Å². The molecule has 0 aliphatic rings. The first-order valence-electron chi connectivity index (χ1n) is 5.81. The average Bonchev–Trinajstić information content (AvgIpc) is 2.74. The lowest BCUT2D eigenvalue weighted by Crippen LogP contribution is -2.20. The minimum absolute atomic E-state index is 0.0560. The van der Waals surface area contributed by atoms with Gasteiger partial charge in [0.25, 0.3) is 0 Å². The Bertz CT molecular complexity index is 575. The Morgan fingerprint density at radius 3 is 2.58 bits per heavy atom. The van der Waals surface area contributed by atoms with E-state index < -0.39 is 0 Å². The smallest absolute Gasteiger partial charge is 0.229 e. The molecule has 2 aromatic rings. The lowest BCUT2D eigenvalue weighted by atomic mass is 10.3. The van der Waals surface area contributed by atoms with Crippen LogP contribution in [0, 0.1) is 13.8 Å². The summed E-state index contributed by atoms with van der Waals surface area (Å²) < 4.78 is 0. The van der Waals surface area contributed by atoms with Gasteiger partial charge in [-0.1, -0.05) is 0 Å². The highest BCUT2D eigenvalue weighted by Crippen LogP contribution is 2.19. The summed E-state index contributed by atoms with van der Waals surface area (Å²) in [5.41, 5.74) is 2.53. The van der Waals surface area contributed by atoms with Crippen LogP contribution < -0.4 is 10.6 Å². The summed E-state index contributed by atoms with van der Waals surface area (Å²) in [5.74, 6) is 0.470. The summed E-state index contributed by atoms with van der Waals surface area (Å²) in [6.45, 7) is 3.83. The van der Waals surface area contributed by atoms with E-state index in [1.54, 1.807) is 7.05 Å². The molecule has 0 aliphatic carbocycles. The third kappa shape index (κ3) is 3.72. The Balaban J connectivity index is 2.09. The van der Waals surface area contributed by atoms with Crippen molar-refractivity contribution in [3.05, 3.63) is 28.5 Å². The number of hydrogen-bond acceptors (Lipinski definition) is 6. The van der Waals surface area contributed by atoms with Crippen molar-refractivity contribution in [2.24, 2.45) is 0 Å². The summed E-state index contributed by atoms with van der Waals surface area (Å²) in [6.07, 6.45) is 0.280. The van der Waals surface area contributed by atoms with Crippen LogP contribution in [0.5, 0.6) is 0 Å². The first-order chi connectivity index (χ1) is 9.06. The van der Waals surface area contributed by atoms with E-state index in [2.05, 4.69) is 25.6 Å². The predicted molar refractivity (Wildman–Crippen MR) is 74.7 cm³/mol. The maximum atomic E-state index is 11.2. The molecule has 2 N–H and O–H groups in total. The van der Waals surface area contributed by atoms with Gasteiger partial charge < -0.3 is 10.6 Å². The molecule has 0 atom stereocenters. The number of rotatable bonds is 4. The Labute approximate surface area is 115 Å². The lowest BCUT2D eigenvalue weighted by Gasteiger charge is -2.03. The van der Waals surface area contributed by atoms with E-state index in [0.29, 0.717) is 11.1 Å². The van der Waals surface area contributed by atoms with Gasteiger partial charge in [0.2, 0.25) is 11.9 Å². The summed E-state index contributed by atoms with van der Waals surface area (Å²) in [5, 5.41) is 8.15. The van der Waals surface area contributed by atoms with Crippen molar-refractivity contribution in [3.8, 4) is 0 Å². The summed E-state index contributed by atoms with van der Waals surface area (Å²) in [4.78, 5) is 24.1. The van der Waals surface area contributed by atoms with Gasteiger partial charge in [-0.3, -0.25) is 4.79 Å². The lowest BCUT2D eigenvalue weighted by molar-refractivity contribution is -0.120. The fraction of sp³-hybridized carbons (Fsp3) is 0.333. The fourth-order valence-electron chi connectivity index (χ4n) is 1.58. The summed E-state index contributed by atoms with van der Waals surface area (Å²) in [6, 6.07) is 1.91. The number of carbonyl (C=O) groups excluding carboxylic acids is 1. The van der Waals surface area contributed by atoms with Gasteiger partial charge in [-0.25, -0.2) is 15.0 Å². The highest BCUT2D eigenvalue weighted by Gasteiger charge is 2.07. The van der Waals surface area contributed by atoms with E-state index in [4.69, 9.17) is 0 Å². The van der Waals surface area contributed by atoms with Crippen LogP contribution in [-0.2, 0) is 11.2 Å². The fourth-order valence-corrected chi connectivity index (χ4v) is 2.28. The zero-order valence-electron chi connectivity index (χ0n) is 11.0. The first kappa shape index (κ1) is 13.4. The van der Waals surface area contributed by atoms with Gasteiger partial charge in [0.05, 0.1) is 12.1 Å². The Hall–Kier alpha value is -2.02. The van der Waals surface area contributed by atoms with Crippen molar-refractivity contribution in [1.29, 1.82) is 0 Å². The first-order valence-corrected chi connectivity index (χ1v) is 6.69. The largest absolute Gasteiger partial charge is 0.359 e. The molecular weight excluding hydrogens is 262 g/mol. The van der Waals surface area contributed by atoms with Crippen LogP contribution in [0.4, 0.5) is 11.1 Å². The SMILES string of the molecule is CNC(=O)Cc1csc(Nc2nc(C)cc(C)n2)n1. The maximum Gasteiger partial charge on any atom is 0.229 e. The molecule has 0 saturated carbocycles. The molecule has 0 saturated heterocycles. The summed E-state index contributed by atoms with van der Waals surface area (Å²) in [7, 11) is 1.61. The molecule has 19 heavy (non-hydrogen) atoms. The number of aryl methyl sites for hydroxylation is 2. The number of nitrogens with one attached hydrogen (secondary N) is 2. The van der Waals surface area contributed by atoms with Gasteiger partial charge in [-0.05, 0) is 19.9 Å². The van der Waals surface area contributed by atoms with Crippen LogP contribution in [0.25, 0.3) is 0 Å².